The number of aromatic amines is 1. The maximum atomic E-state index is 11.5. The number of hydrogen-bond acceptors (Lipinski definition) is 4. The van der Waals surface area contributed by atoms with Gasteiger partial charge < -0.3 is 10.4 Å². The fourth-order valence-electron chi connectivity index (χ4n) is 3.76. The molecule has 1 aliphatic carbocycles. The second kappa shape index (κ2) is 7.36. The average molecular weight is 365 g/mol. The van der Waals surface area contributed by atoms with Gasteiger partial charge in [0.15, 0.2) is 5.69 Å². The third-order valence-electron chi connectivity index (χ3n) is 5.13. The number of hydrogen-bond donors (Lipinski definition) is 3. The fraction of sp³-hybridized carbons (Fsp3) is 0.350. The molecule has 0 amide bonds. The van der Waals surface area contributed by atoms with E-state index in [4.69, 9.17) is 0 Å². The van der Waals surface area contributed by atoms with E-state index in [1.807, 2.05) is 48.0 Å². The van der Waals surface area contributed by atoms with Gasteiger partial charge >= 0.3 is 5.97 Å². The van der Waals surface area contributed by atoms with E-state index < -0.39 is 5.97 Å². The summed E-state index contributed by atoms with van der Waals surface area (Å²) in [4.78, 5) is 11.5. The minimum atomic E-state index is -0.944. The van der Waals surface area contributed by atoms with Gasteiger partial charge in [0.2, 0.25) is 0 Å². The maximum Gasteiger partial charge on any atom is 0.356 e. The molecule has 2 heterocycles. The highest BCUT2D eigenvalue weighted by Gasteiger charge is 2.28. The molecule has 0 fully saturated rings. The lowest BCUT2D eigenvalue weighted by Gasteiger charge is -2.24. The SMILES string of the molecule is CCn1nc(C(=O)O)c2c1CCC(NCc1cc(-c3ccccc3)n[nH]1)C2. The van der Waals surface area contributed by atoms with Gasteiger partial charge in [-0.2, -0.15) is 10.2 Å². The van der Waals surface area contributed by atoms with Crippen LogP contribution in [0.3, 0.4) is 0 Å². The van der Waals surface area contributed by atoms with Crippen molar-refractivity contribution in [3.8, 4) is 11.3 Å². The molecule has 0 bridgehead atoms. The summed E-state index contributed by atoms with van der Waals surface area (Å²) in [5.74, 6) is -0.944. The van der Waals surface area contributed by atoms with Crippen molar-refractivity contribution in [1.82, 2.24) is 25.3 Å². The molecule has 0 saturated carbocycles. The quantitative estimate of drug-likeness (QED) is 0.624. The zero-order valence-electron chi connectivity index (χ0n) is 15.3. The van der Waals surface area contributed by atoms with E-state index in [0.29, 0.717) is 19.5 Å². The van der Waals surface area contributed by atoms with Crippen LogP contribution < -0.4 is 5.32 Å². The van der Waals surface area contributed by atoms with E-state index in [2.05, 4.69) is 20.6 Å². The third kappa shape index (κ3) is 3.50. The van der Waals surface area contributed by atoms with E-state index in [9.17, 15) is 9.90 Å². The van der Waals surface area contributed by atoms with Crippen molar-refractivity contribution >= 4 is 5.97 Å². The summed E-state index contributed by atoms with van der Waals surface area (Å²) >= 11 is 0. The van der Waals surface area contributed by atoms with Gasteiger partial charge in [-0.15, -0.1) is 0 Å². The highest BCUT2D eigenvalue weighted by Crippen LogP contribution is 2.25. The number of rotatable bonds is 6. The number of fused-ring (bicyclic) bond motifs is 1. The second-order valence-corrected chi connectivity index (χ2v) is 6.86. The molecule has 3 N–H and O–H groups in total. The molecule has 0 spiro atoms. The molecule has 1 aliphatic rings. The average Bonchev–Trinajstić information content (AvgIpc) is 3.31. The predicted molar refractivity (Wildman–Crippen MR) is 102 cm³/mol. The molecule has 1 atom stereocenters. The highest BCUT2D eigenvalue weighted by atomic mass is 16.4. The lowest BCUT2D eigenvalue weighted by molar-refractivity contribution is 0.0688. The number of aromatic carboxylic acids is 1. The Bertz CT molecular complexity index is 945. The minimum absolute atomic E-state index is 0.200. The van der Waals surface area contributed by atoms with Crippen molar-refractivity contribution in [2.75, 3.05) is 0 Å². The molecule has 7 heteroatoms. The number of nitrogens with one attached hydrogen (secondary N) is 2. The standard InChI is InChI=1S/C20H23N5O2/c1-2-25-18-9-8-14(10-16(18)19(24-25)20(26)27)21-12-15-11-17(23-22-15)13-6-4-3-5-7-13/h3-7,11,14,21H,2,8-10,12H2,1H3,(H,22,23)(H,26,27). The van der Waals surface area contributed by atoms with Crippen molar-refractivity contribution in [3.05, 3.63) is 59.0 Å². The minimum Gasteiger partial charge on any atom is -0.476 e. The molecule has 0 radical (unpaired) electrons. The van der Waals surface area contributed by atoms with Crippen LogP contribution >= 0.6 is 0 Å². The Hall–Kier alpha value is -2.93. The monoisotopic (exact) mass is 365 g/mol. The first-order valence-corrected chi connectivity index (χ1v) is 9.30. The molecule has 140 valence electrons. The van der Waals surface area contributed by atoms with Gasteiger partial charge in [-0.25, -0.2) is 4.79 Å². The topological polar surface area (TPSA) is 95.8 Å². The number of benzene rings is 1. The van der Waals surface area contributed by atoms with Gasteiger partial charge in [0.05, 0.1) is 5.69 Å². The van der Waals surface area contributed by atoms with E-state index in [0.717, 1.165) is 41.1 Å². The zero-order valence-corrected chi connectivity index (χ0v) is 15.3. The molecule has 27 heavy (non-hydrogen) atoms. The zero-order chi connectivity index (χ0) is 18.8. The first-order chi connectivity index (χ1) is 13.2. The smallest absolute Gasteiger partial charge is 0.356 e. The van der Waals surface area contributed by atoms with E-state index in [-0.39, 0.29) is 11.7 Å². The molecule has 7 nitrogen and oxygen atoms in total. The molecule has 0 saturated heterocycles. The molecular weight excluding hydrogens is 342 g/mol. The molecule has 1 unspecified atom stereocenters. The van der Waals surface area contributed by atoms with E-state index in [1.54, 1.807) is 0 Å². The van der Waals surface area contributed by atoms with Crippen LogP contribution in [-0.4, -0.2) is 37.1 Å². The fourth-order valence-corrected chi connectivity index (χ4v) is 3.76. The number of carboxylic acids is 1. The molecule has 4 rings (SSSR count). The Morgan fingerprint density at radius 1 is 1.37 bits per heavy atom. The normalized spacial score (nSPS) is 16.3. The van der Waals surface area contributed by atoms with Crippen molar-refractivity contribution in [2.24, 2.45) is 0 Å². The van der Waals surface area contributed by atoms with Crippen molar-refractivity contribution < 1.29 is 9.90 Å². The van der Waals surface area contributed by atoms with Crippen molar-refractivity contribution in [1.29, 1.82) is 0 Å². The van der Waals surface area contributed by atoms with Crippen LogP contribution in [0, 0.1) is 0 Å². The number of nitrogens with zero attached hydrogens (tertiary/aromatic N) is 3. The number of carbonyl (C=O) groups is 1. The Balaban J connectivity index is 1.43. The van der Waals surface area contributed by atoms with E-state index in [1.165, 1.54) is 0 Å². The summed E-state index contributed by atoms with van der Waals surface area (Å²) in [5, 5.41) is 24.7. The predicted octanol–water partition coefficient (Wildman–Crippen LogP) is 2.64. The molecule has 0 aliphatic heterocycles. The summed E-state index contributed by atoms with van der Waals surface area (Å²) in [6, 6.07) is 12.3. The number of carboxylic acid groups (broad SMARTS) is 1. The van der Waals surface area contributed by atoms with Crippen LogP contribution in [0.25, 0.3) is 11.3 Å². The summed E-state index contributed by atoms with van der Waals surface area (Å²) in [6.07, 6.45) is 2.51. The lowest BCUT2D eigenvalue weighted by atomic mass is 9.91. The largest absolute Gasteiger partial charge is 0.476 e. The van der Waals surface area contributed by atoms with Crippen LogP contribution in [-0.2, 0) is 25.9 Å². The van der Waals surface area contributed by atoms with Crippen LogP contribution in [0.4, 0.5) is 0 Å². The number of aryl methyl sites for hydroxylation is 1. The molecule has 3 aromatic rings. The molecule has 1 aromatic carbocycles. The van der Waals surface area contributed by atoms with Gasteiger partial charge in [0.25, 0.3) is 0 Å². The Labute approximate surface area is 157 Å². The van der Waals surface area contributed by atoms with Gasteiger partial charge in [-0.05, 0) is 32.3 Å². The number of aromatic nitrogens is 4. The summed E-state index contributed by atoms with van der Waals surface area (Å²) < 4.78 is 1.83. The summed E-state index contributed by atoms with van der Waals surface area (Å²) in [7, 11) is 0. The Morgan fingerprint density at radius 2 is 2.19 bits per heavy atom. The lowest BCUT2D eigenvalue weighted by Crippen LogP contribution is -2.34. The second-order valence-electron chi connectivity index (χ2n) is 6.86. The van der Waals surface area contributed by atoms with Crippen LogP contribution in [0.15, 0.2) is 36.4 Å². The van der Waals surface area contributed by atoms with Crippen LogP contribution in [0.1, 0.15) is 40.8 Å². The van der Waals surface area contributed by atoms with Crippen LogP contribution in [0.2, 0.25) is 0 Å². The molecular formula is C20H23N5O2. The maximum absolute atomic E-state index is 11.5. The molecule has 2 aromatic heterocycles. The first-order valence-electron chi connectivity index (χ1n) is 9.30. The van der Waals surface area contributed by atoms with Gasteiger partial charge in [0, 0.05) is 41.6 Å². The summed E-state index contributed by atoms with van der Waals surface area (Å²) in [6.45, 7) is 3.36. The number of H-pyrrole nitrogens is 1. The van der Waals surface area contributed by atoms with Gasteiger partial charge in [0.1, 0.15) is 0 Å². The van der Waals surface area contributed by atoms with E-state index >= 15 is 0 Å². The van der Waals surface area contributed by atoms with Gasteiger partial charge in [-0.1, -0.05) is 30.3 Å². The summed E-state index contributed by atoms with van der Waals surface area (Å²) in [5.41, 5.74) is 5.17. The first kappa shape index (κ1) is 17.5. The van der Waals surface area contributed by atoms with Crippen LogP contribution in [0.5, 0.6) is 0 Å². The Kier molecular flexibility index (Phi) is 4.77. The van der Waals surface area contributed by atoms with Crippen molar-refractivity contribution in [3.63, 3.8) is 0 Å². The third-order valence-corrected chi connectivity index (χ3v) is 5.13. The highest BCUT2D eigenvalue weighted by molar-refractivity contribution is 5.87. The van der Waals surface area contributed by atoms with Crippen molar-refractivity contribution in [2.45, 2.75) is 45.3 Å². The van der Waals surface area contributed by atoms with Gasteiger partial charge in [-0.3, -0.25) is 9.78 Å². The Morgan fingerprint density at radius 3 is 2.93 bits per heavy atom.